The van der Waals surface area contributed by atoms with E-state index >= 15 is 0 Å². The number of aromatic hydroxyl groups is 1. The molecule has 0 saturated heterocycles. The van der Waals surface area contributed by atoms with Crippen molar-refractivity contribution in [1.82, 2.24) is 0 Å². The van der Waals surface area contributed by atoms with E-state index in [2.05, 4.69) is 0 Å². The first-order valence-electron chi connectivity index (χ1n) is 7.22. The second-order valence-corrected chi connectivity index (χ2v) is 5.46. The lowest BCUT2D eigenvalue weighted by Crippen LogP contribution is -2.30. The molecule has 0 fully saturated rings. The number of phenolic OH excluding ortho intramolecular Hbond substituents is 1. The van der Waals surface area contributed by atoms with Crippen LogP contribution < -0.4 is 4.90 Å². The van der Waals surface area contributed by atoms with Gasteiger partial charge >= 0.3 is 0 Å². The molecule has 1 heterocycles. The number of phenols is 1. The lowest BCUT2D eigenvalue weighted by Gasteiger charge is -2.26. The number of carbonyl (C=O) groups is 2. The number of halogens is 1. The molecule has 0 saturated carbocycles. The zero-order chi connectivity index (χ0) is 17.4. The molecule has 2 N–H and O–H groups in total. The van der Waals surface area contributed by atoms with Crippen LogP contribution >= 0.6 is 0 Å². The Morgan fingerprint density at radius 3 is 2.17 bits per heavy atom. The molecule has 0 aromatic heterocycles. The molecule has 122 valence electrons. The Balaban J connectivity index is 2.16. The number of carbonyl (C=O) groups excluding carboxylic acids is 2. The zero-order valence-corrected chi connectivity index (χ0v) is 12.7. The van der Waals surface area contributed by atoms with Crippen LogP contribution in [0, 0.1) is 5.82 Å². The van der Waals surface area contributed by atoms with Gasteiger partial charge in [-0.05, 0) is 48.9 Å². The third kappa shape index (κ3) is 2.52. The Labute approximate surface area is 137 Å². The summed E-state index contributed by atoms with van der Waals surface area (Å²) in [7, 11) is 0. The second kappa shape index (κ2) is 5.81. The van der Waals surface area contributed by atoms with Gasteiger partial charge in [0.2, 0.25) is 0 Å². The predicted molar refractivity (Wildman–Crippen MR) is 85.1 cm³/mol. The van der Waals surface area contributed by atoms with Gasteiger partial charge in [-0.2, -0.15) is 0 Å². The van der Waals surface area contributed by atoms with Crippen molar-refractivity contribution in [3.05, 3.63) is 71.2 Å². The fraction of sp³-hybridized carbons (Fsp3) is 0.111. The van der Waals surface area contributed by atoms with Gasteiger partial charge in [-0.25, -0.2) is 4.39 Å². The highest BCUT2D eigenvalue weighted by Crippen LogP contribution is 2.41. The first-order chi connectivity index (χ1) is 11.4. The first kappa shape index (κ1) is 15.7. The number of aliphatic hydroxyl groups is 1. The largest absolute Gasteiger partial charge is 0.508 e. The highest BCUT2D eigenvalue weighted by Gasteiger charge is 2.43. The van der Waals surface area contributed by atoms with Crippen LogP contribution in [-0.2, 0) is 9.59 Å². The SMILES string of the molecule is CC(=O)C1=C(O)C(=O)N(c2ccc(O)cc2)[C@@H]1c1ccc(F)cc1. The van der Waals surface area contributed by atoms with Gasteiger partial charge in [0.25, 0.3) is 5.91 Å². The van der Waals surface area contributed by atoms with E-state index in [-0.39, 0.29) is 11.3 Å². The lowest BCUT2D eigenvalue weighted by molar-refractivity contribution is -0.117. The number of aliphatic hydroxyl groups excluding tert-OH is 1. The van der Waals surface area contributed by atoms with Crippen LogP contribution in [0.3, 0.4) is 0 Å². The maximum Gasteiger partial charge on any atom is 0.294 e. The van der Waals surface area contributed by atoms with Gasteiger partial charge < -0.3 is 10.2 Å². The van der Waals surface area contributed by atoms with Crippen LogP contribution in [-0.4, -0.2) is 21.9 Å². The monoisotopic (exact) mass is 327 g/mol. The summed E-state index contributed by atoms with van der Waals surface area (Å²) < 4.78 is 13.2. The Morgan fingerprint density at radius 1 is 1.04 bits per heavy atom. The molecule has 2 aromatic carbocycles. The summed E-state index contributed by atoms with van der Waals surface area (Å²) in [4.78, 5) is 25.7. The summed E-state index contributed by atoms with van der Waals surface area (Å²) in [5.74, 6) is -2.22. The van der Waals surface area contributed by atoms with Gasteiger partial charge in [0, 0.05) is 5.69 Å². The molecule has 24 heavy (non-hydrogen) atoms. The lowest BCUT2D eigenvalue weighted by atomic mass is 9.96. The van der Waals surface area contributed by atoms with Gasteiger partial charge in [0.05, 0.1) is 11.6 Å². The van der Waals surface area contributed by atoms with E-state index in [9.17, 15) is 24.2 Å². The molecule has 1 atom stereocenters. The molecule has 1 aliphatic rings. The number of ketones is 1. The number of hydrogen-bond acceptors (Lipinski definition) is 4. The first-order valence-corrected chi connectivity index (χ1v) is 7.22. The molecule has 5 nitrogen and oxygen atoms in total. The topological polar surface area (TPSA) is 77.8 Å². The van der Waals surface area contributed by atoms with E-state index < -0.39 is 29.3 Å². The van der Waals surface area contributed by atoms with E-state index in [1.54, 1.807) is 0 Å². The maximum absolute atomic E-state index is 13.2. The van der Waals surface area contributed by atoms with Crippen molar-refractivity contribution in [3.8, 4) is 5.75 Å². The average Bonchev–Trinajstić information content (AvgIpc) is 2.81. The van der Waals surface area contributed by atoms with Crippen LogP contribution in [0.5, 0.6) is 5.75 Å². The van der Waals surface area contributed by atoms with Crippen molar-refractivity contribution >= 4 is 17.4 Å². The fourth-order valence-electron chi connectivity index (χ4n) is 2.80. The van der Waals surface area contributed by atoms with Crippen LogP contribution in [0.15, 0.2) is 59.9 Å². The molecule has 0 spiro atoms. The average molecular weight is 327 g/mol. The number of anilines is 1. The van der Waals surface area contributed by atoms with Gasteiger partial charge in [0.15, 0.2) is 11.5 Å². The minimum atomic E-state index is -0.861. The van der Waals surface area contributed by atoms with Crippen LogP contribution in [0.1, 0.15) is 18.5 Å². The summed E-state index contributed by atoms with van der Waals surface area (Å²) in [6.45, 7) is 1.26. The van der Waals surface area contributed by atoms with E-state index in [1.165, 1.54) is 60.4 Å². The fourth-order valence-corrected chi connectivity index (χ4v) is 2.80. The van der Waals surface area contributed by atoms with Crippen molar-refractivity contribution in [2.75, 3.05) is 4.90 Å². The van der Waals surface area contributed by atoms with Crippen LogP contribution in [0.2, 0.25) is 0 Å². The van der Waals surface area contributed by atoms with E-state index in [0.717, 1.165) is 0 Å². The molecule has 0 radical (unpaired) electrons. The number of Topliss-reactive ketones (excluding diaryl/α,β-unsaturated/α-hetero) is 1. The standard InChI is InChI=1S/C18H14FNO4/c1-10(21)15-16(11-2-4-12(19)5-3-11)20(18(24)17(15)23)13-6-8-14(22)9-7-13/h2-9,16,22-23H,1H3/t16-/m1/s1. The molecule has 2 aromatic rings. The van der Waals surface area contributed by atoms with Gasteiger partial charge in [-0.3, -0.25) is 14.5 Å². The highest BCUT2D eigenvalue weighted by atomic mass is 19.1. The molecule has 0 bridgehead atoms. The predicted octanol–water partition coefficient (Wildman–Crippen LogP) is 3.02. The minimum absolute atomic E-state index is 0.0210. The van der Waals surface area contributed by atoms with Gasteiger partial charge in [-0.1, -0.05) is 12.1 Å². The number of rotatable bonds is 3. The Morgan fingerprint density at radius 2 is 1.62 bits per heavy atom. The highest BCUT2D eigenvalue weighted by molar-refractivity contribution is 6.16. The summed E-state index contributed by atoms with van der Waals surface area (Å²) in [6, 6.07) is 10.3. The normalized spacial score (nSPS) is 17.5. The molecule has 0 unspecified atom stereocenters. The smallest absolute Gasteiger partial charge is 0.294 e. The number of benzene rings is 2. The molecular formula is C18H14FNO4. The molecule has 6 heteroatoms. The summed E-state index contributed by atoms with van der Waals surface area (Å²) in [6.07, 6.45) is 0. The van der Waals surface area contributed by atoms with Crippen molar-refractivity contribution in [1.29, 1.82) is 0 Å². The van der Waals surface area contributed by atoms with Gasteiger partial charge in [0.1, 0.15) is 11.6 Å². The molecule has 1 amide bonds. The minimum Gasteiger partial charge on any atom is -0.508 e. The van der Waals surface area contributed by atoms with E-state index in [0.29, 0.717) is 11.3 Å². The summed E-state index contributed by atoms with van der Waals surface area (Å²) >= 11 is 0. The third-order valence-electron chi connectivity index (χ3n) is 3.90. The maximum atomic E-state index is 13.2. The van der Waals surface area contributed by atoms with E-state index in [4.69, 9.17) is 0 Å². The Kier molecular flexibility index (Phi) is 3.81. The Hall–Kier alpha value is -3.15. The van der Waals surface area contributed by atoms with Crippen molar-refractivity contribution < 1.29 is 24.2 Å². The molecule has 1 aliphatic heterocycles. The number of nitrogens with zero attached hydrogens (tertiary/aromatic N) is 1. The van der Waals surface area contributed by atoms with Crippen molar-refractivity contribution in [2.45, 2.75) is 13.0 Å². The van der Waals surface area contributed by atoms with E-state index in [1.807, 2.05) is 0 Å². The van der Waals surface area contributed by atoms with Crippen LogP contribution in [0.25, 0.3) is 0 Å². The van der Waals surface area contributed by atoms with Gasteiger partial charge in [-0.15, -0.1) is 0 Å². The summed E-state index contributed by atoms with van der Waals surface area (Å²) in [5, 5.41) is 19.6. The molecule has 3 rings (SSSR count). The van der Waals surface area contributed by atoms with Crippen LogP contribution in [0.4, 0.5) is 10.1 Å². The zero-order valence-electron chi connectivity index (χ0n) is 12.7. The second-order valence-electron chi connectivity index (χ2n) is 5.46. The number of hydrogen-bond donors (Lipinski definition) is 2. The quantitative estimate of drug-likeness (QED) is 0.908. The third-order valence-corrected chi connectivity index (χ3v) is 3.90. The number of amides is 1. The molecule has 0 aliphatic carbocycles. The van der Waals surface area contributed by atoms with Crippen molar-refractivity contribution in [2.24, 2.45) is 0 Å². The molecular weight excluding hydrogens is 313 g/mol. The Bertz CT molecular complexity index is 840. The van der Waals surface area contributed by atoms with Crippen molar-refractivity contribution in [3.63, 3.8) is 0 Å². The summed E-state index contributed by atoms with van der Waals surface area (Å²) in [5.41, 5.74) is 0.849.